The highest BCUT2D eigenvalue weighted by Gasteiger charge is 2.08. The van der Waals surface area contributed by atoms with Crippen LogP contribution < -0.4 is 4.74 Å². The zero-order chi connectivity index (χ0) is 16.9. The summed E-state index contributed by atoms with van der Waals surface area (Å²) in [5.74, 6) is 1.56. The second-order valence-corrected chi connectivity index (χ2v) is 6.17. The third kappa shape index (κ3) is 8.63. The van der Waals surface area contributed by atoms with Gasteiger partial charge in [0.15, 0.2) is 0 Å². The number of carbonyl (C=O) groups is 1. The summed E-state index contributed by atoms with van der Waals surface area (Å²) in [6, 6.07) is 8.49. The van der Waals surface area contributed by atoms with Gasteiger partial charge in [0.2, 0.25) is 0 Å². The van der Waals surface area contributed by atoms with E-state index in [0.717, 1.165) is 24.5 Å². The van der Waals surface area contributed by atoms with E-state index >= 15 is 0 Å². The number of methoxy groups -OCH3 is 1. The number of unbranched alkanes of at least 4 members (excludes halogenated alkanes) is 1. The summed E-state index contributed by atoms with van der Waals surface area (Å²) in [5, 5.41) is 0. The van der Waals surface area contributed by atoms with Gasteiger partial charge in [0.1, 0.15) is 5.75 Å². The summed E-state index contributed by atoms with van der Waals surface area (Å²) in [6.45, 7) is 5.17. The topological polar surface area (TPSA) is 35.5 Å². The number of esters is 1. The second kappa shape index (κ2) is 12.0. The number of ether oxygens (including phenoxy) is 2. The molecule has 0 amide bonds. The van der Waals surface area contributed by atoms with Gasteiger partial charge in [0.05, 0.1) is 13.7 Å². The summed E-state index contributed by atoms with van der Waals surface area (Å²) in [7, 11) is 1.42. The first-order valence-corrected chi connectivity index (χ1v) is 8.98. The standard InChI is InChI=1S/C20H32O3/c1-4-8-17(9-5-2)16-18-11-13-19(14-12-18)23-15-7-6-10-20(21)22-3/h11-14,17H,4-10,15-16H2,1-3H3. The van der Waals surface area contributed by atoms with E-state index in [1.54, 1.807) is 0 Å². The van der Waals surface area contributed by atoms with Gasteiger partial charge in [-0.2, -0.15) is 0 Å². The molecular formula is C20H32O3. The van der Waals surface area contributed by atoms with E-state index in [0.29, 0.717) is 13.0 Å². The molecule has 0 bridgehead atoms. The van der Waals surface area contributed by atoms with E-state index in [-0.39, 0.29) is 5.97 Å². The maximum absolute atomic E-state index is 11.0. The molecule has 0 aromatic heterocycles. The molecule has 0 saturated heterocycles. The molecule has 0 fully saturated rings. The van der Waals surface area contributed by atoms with Gasteiger partial charge in [0.25, 0.3) is 0 Å². The van der Waals surface area contributed by atoms with E-state index in [9.17, 15) is 4.79 Å². The van der Waals surface area contributed by atoms with Crippen molar-refractivity contribution in [2.24, 2.45) is 5.92 Å². The van der Waals surface area contributed by atoms with Gasteiger partial charge in [-0.15, -0.1) is 0 Å². The van der Waals surface area contributed by atoms with Gasteiger partial charge >= 0.3 is 5.97 Å². The third-order valence-corrected chi connectivity index (χ3v) is 4.11. The van der Waals surface area contributed by atoms with Crippen LogP contribution in [0, 0.1) is 5.92 Å². The first kappa shape index (κ1) is 19.5. The molecule has 1 aromatic carbocycles. The molecule has 3 heteroatoms. The molecule has 0 radical (unpaired) electrons. The summed E-state index contributed by atoms with van der Waals surface area (Å²) >= 11 is 0. The fourth-order valence-electron chi connectivity index (χ4n) is 2.88. The van der Waals surface area contributed by atoms with Crippen LogP contribution in [0.3, 0.4) is 0 Å². The number of rotatable bonds is 12. The van der Waals surface area contributed by atoms with Crippen molar-refractivity contribution < 1.29 is 14.3 Å². The average Bonchev–Trinajstić information content (AvgIpc) is 2.56. The monoisotopic (exact) mass is 320 g/mol. The van der Waals surface area contributed by atoms with Gasteiger partial charge in [-0.1, -0.05) is 51.7 Å². The first-order chi connectivity index (χ1) is 11.2. The summed E-state index contributed by atoms with van der Waals surface area (Å²) in [6.07, 6.45) is 8.45. The lowest BCUT2D eigenvalue weighted by molar-refractivity contribution is -0.140. The molecule has 0 saturated carbocycles. The van der Waals surface area contributed by atoms with Crippen molar-refractivity contribution in [2.75, 3.05) is 13.7 Å². The molecule has 0 N–H and O–H groups in total. The minimum atomic E-state index is -0.150. The van der Waals surface area contributed by atoms with E-state index in [2.05, 4.69) is 42.8 Å². The Morgan fingerprint density at radius 2 is 1.70 bits per heavy atom. The number of hydrogen-bond donors (Lipinski definition) is 0. The predicted octanol–water partition coefficient (Wildman–Crippen LogP) is 5.17. The van der Waals surface area contributed by atoms with Gasteiger partial charge in [0, 0.05) is 6.42 Å². The Kier molecular flexibility index (Phi) is 10.2. The molecule has 1 aromatic rings. The highest BCUT2D eigenvalue weighted by atomic mass is 16.5. The van der Waals surface area contributed by atoms with Crippen molar-refractivity contribution in [1.82, 2.24) is 0 Å². The van der Waals surface area contributed by atoms with Gasteiger partial charge < -0.3 is 9.47 Å². The number of benzene rings is 1. The molecule has 23 heavy (non-hydrogen) atoms. The zero-order valence-corrected chi connectivity index (χ0v) is 15.0. The Labute approximate surface area is 141 Å². The number of hydrogen-bond acceptors (Lipinski definition) is 3. The van der Waals surface area contributed by atoms with Crippen LogP contribution in [0.25, 0.3) is 0 Å². The molecule has 3 nitrogen and oxygen atoms in total. The smallest absolute Gasteiger partial charge is 0.305 e. The Bertz CT molecular complexity index is 419. The SMILES string of the molecule is CCCC(CCC)Cc1ccc(OCCCCC(=O)OC)cc1. The molecule has 0 aliphatic carbocycles. The second-order valence-electron chi connectivity index (χ2n) is 6.17. The predicted molar refractivity (Wildman–Crippen MR) is 94.8 cm³/mol. The summed E-state index contributed by atoms with van der Waals surface area (Å²) in [4.78, 5) is 11.0. The normalized spacial score (nSPS) is 10.8. The van der Waals surface area contributed by atoms with Crippen molar-refractivity contribution in [3.05, 3.63) is 29.8 Å². The Hall–Kier alpha value is -1.51. The fraction of sp³-hybridized carbons (Fsp3) is 0.650. The largest absolute Gasteiger partial charge is 0.494 e. The van der Waals surface area contributed by atoms with Crippen LogP contribution in [0.4, 0.5) is 0 Å². The molecule has 130 valence electrons. The molecule has 1 rings (SSSR count). The van der Waals surface area contributed by atoms with Crippen LogP contribution in [-0.4, -0.2) is 19.7 Å². The van der Waals surface area contributed by atoms with Crippen LogP contribution >= 0.6 is 0 Å². The van der Waals surface area contributed by atoms with E-state index < -0.39 is 0 Å². The molecular weight excluding hydrogens is 288 g/mol. The molecule has 0 atom stereocenters. The van der Waals surface area contributed by atoms with Crippen molar-refractivity contribution in [3.8, 4) is 5.75 Å². The maximum Gasteiger partial charge on any atom is 0.305 e. The van der Waals surface area contributed by atoms with Crippen LogP contribution in [0.1, 0.15) is 64.4 Å². The molecule has 0 heterocycles. The van der Waals surface area contributed by atoms with Crippen molar-refractivity contribution in [3.63, 3.8) is 0 Å². The maximum atomic E-state index is 11.0. The molecule has 0 aliphatic heterocycles. The van der Waals surface area contributed by atoms with Gasteiger partial charge in [-0.3, -0.25) is 4.79 Å². The van der Waals surface area contributed by atoms with E-state index in [1.165, 1.54) is 44.8 Å². The highest BCUT2D eigenvalue weighted by Crippen LogP contribution is 2.21. The Morgan fingerprint density at radius 1 is 1.04 bits per heavy atom. The van der Waals surface area contributed by atoms with E-state index in [4.69, 9.17) is 4.74 Å². The van der Waals surface area contributed by atoms with Crippen LogP contribution in [0.15, 0.2) is 24.3 Å². The fourth-order valence-corrected chi connectivity index (χ4v) is 2.88. The minimum absolute atomic E-state index is 0.150. The lowest BCUT2D eigenvalue weighted by Gasteiger charge is -2.15. The van der Waals surface area contributed by atoms with Crippen LogP contribution in [0.2, 0.25) is 0 Å². The molecule has 0 unspecified atom stereocenters. The Balaban J connectivity index is 2.31. The lowest BCUT2D eigenvalue weighted by Crippen LogP contribution is -2.04. The third-order valence-electron chi connectivity index (χ3n) is 4.11. The quantitative estimate of drug-likeness (QED) is 0.394. The summed E-state index contributed by atoms with van der Waals surface area (Å²) in [5.41, 5.74) is 1.40. The molecule has 0 spiro atoms. The zero-order valence-electron chi connectivity index (χ0n) is 15.0. The Morgan fingerprint density at radius 3 is 2.26 bits per heavy atom. The molecule has 0 aliphatic rings. The van der Waals surface area contributed by atoms with Crippen LogP contribution in [-0.2, 0) is 16.0 Å². The number of carbonyl (C=O) groups excluding carboxylic acids is 1. The average molecular weight is 320 g/mol. The highest BCUT2D eigenvalue weighted by molar-refractivity contribution is 5.68. The van der Waals surface area contributed by atoms with E-state index in [1.807, 2.05) is 0 Å². The first-order valence-electron chi connectivity index (χ1n) is 8.98. The van der Waals surface area contributed by atoms with Gasteiger partial charge in [-0.25, -0.2) is 0 Å². The minimum Gasteiger partial charge on any atom is -0.494 e. The summed E-state index contributed by atoms with van der Waals surface area (Å²) < 4.78 is 10.3. The van der Waals surface area contributed by atoms with Crippen molar-refractivity contribution in [1.29, 1.82) is 0 Å². The van der Waals surface area contributed by atoms with Crippen molar-refractivity contribution in [2.45, 2.75) is 65.2 Å². The van der Waals surface area contributed by atoms with Gasteiger partial charge in [-0.05, 0) is 42.9 Å². The van der Waals surface area contributed by atoms with Crippen LogP contribution in [0.5, 0.6) is 5.75 Å². The lowest BCUT2D eigenvalue weighted by atomic mass is 9.91. The van der Waals surface area contributed by atoms with Crippen molar-refractivity contribution >= 4 is 5.97 Å².